The number of rotatable bonds is 5. The maximum absolute atomic E-state index is 12.1. The minimum atomic E-state index is -3.45. The molecular formula is C12H15N3O4S. The van der Waals surface area contributed by atoms with Crippen molar-refractivity contribution in [2.75, 3.05) is 13.3 Å². The SMILES string of the molecule is CN(Cc1ccco1)C(=O)Cn1ccnc1S(C)(=O)=O. The lowest BCUT2D eigenvalue weighted by molar-refractivity contribution is -0.131. The number of carbonyl (C=O) groups excluding carboxylic acids is 1. The largest absolute Gasteiger partial charge is 0.467 e. The molecule has 108 valence electrons. The number of sulfone groups is 1. The topological polar surface area (TPSA) is 85.4 Å². The third kappa shape index (κ3) is 3.27. The van der Waals surface area contributed by atoms with Crippen LogP contribution in [-0.4, -0.2) is 42.1 Å². The van der Waals surface area contributed by atoms with Crippen LogP contribution in [0.1, 0.15) is 5.76 Å². The van der Waals surface area contributed by atoms with Gasteiger partial charge in [-0.1, -0.05) is 0 Å². The summed E-state index contributed by atoms with van der Waals surface area (Å²) in [4.78, 5) is 17.3. The molecule has 0 spiro atoms. The Morgan fingerprint density at radius 2 is 2.25 bits per heavy atom. The van der Waals surface area contributed by atoms with Gasteiger partial charge in [-0.05, 0) is 12.1 Å². The van der Waals surface area contributed by atoms with Gasteiger partial charge in [-0.25, -0.2) is 13.4 Å². The van der Waals surface area contributed by atoms with E-state index in [-0.39, 0.29) is 17.6 Å². The van der Waals surface area contributed by atoms with E-state index in [2.05, 4.69) is 4.98 Å². The van der Waals surface area contributed by atoms with E-state index in [9.17, 15) is 13.2 Å². The standard InChI is InChI=1S/C12H15N3O4S/c1-14(8-10-4-3-7-19-10)11(16)9-15-6-5-13-12(15)20(2,17)18/h3-7H,8-9H2,1-2H3. The zero-order valence-electron chi connectivity index (χ0n) is 11.2. The van der Waals surface area contributed by atoms with Gasteiger partial charge >= 0.3 is 0 Å². The van der Waals surface area contributed by atoms with Crippen molar-refractivity contribution in [2.24, 2.45) is 0 Å². The Labute approximate surface area is 116 Å². The van der Waals surface area contributed by atoms with Gasteiger partial charge in [0, 0.05) is 25.7 Å². The van der Waals surface area contributed by atoms with Gasteiger partial charge in [0.2, 0.25) is 20.9 Å². The molecule has 0 aliphatic heterocycles. The summed E-state index contributed by atoms with van der Waals surface area (Å²) in [5, 5.41) is -0.114. The summed E-state index contributed by atoms with van der Waals surface area (Å²) in [5.41, 5.74) is 0. The quantitative estimate of drug-likeness (QED) is 0.804. The number of amides is 1. The summed E-state index contributed by atoms with van der Waals surface area (Å²) >= 11 is 0. The lowest BCUT2D eigenvalue weighted by Gasteiger charge is -2.16. The smallest absolute Gasteiger partial charge is 0.242 e. The van der Waals surface area contributed by atoms with E-state index in [1.807, 2.05) is 0 Å². The van der Waals surface area contributed by atoms with Crippen molar-refractivity contribution in [1.29, 1.82) is 0 Å². The zero-order valence-corrected chi connectivity index (χ0v) is 12.0. The predicted molar refractivity (Wildman–Crippen MR) is 70.5 cm³/mol. The van der Waals surface area contributed by atoms with E-state index < -0.39 is 9.84 Å². The highest BCUT2D eigenvalue weighted by atomic mass is 32.2. The molecule has 0 aromatic carbocycles. The molecule has 0 aliphatic carbocycles. The van der Waals surface area contributed by atoms with Crippen molar-refractivity contribution >= 4 is 15.7 Å². The highest BCUT2D eigenvalue weighted by Gasteiger charge is 2.18. The first-order valence-corrected chi connectivity index (χ1v) is 7.74. The number of hydrogen-bond donors (Lipinski definition) is 0. The van der Waals surface area contributed by atoms with Crippen molar-refractivity contribution < 1.29 is 17.6 Å². The summed E-state index contributed by atoms with van der Waals surface area (Å²) in [6, 6.07) is 3.51. The molecule has 8 heteroatoms. The first kappa shape index (κ1) is 14.3. The predicted octanol–water partition coefficient (Wildman–Crippen LogP) is 0.538. The Balaban J connectivity index is 2.07. The lowest BCUT2D eigenvalue weighted by atomic mass is 10.4. The number of imidazole rings is 1. The summed E-state index contributed by atoms with van der Waals surface area (Å²) in [7, 11) is -1.82. The summed E-state index contributed by atoms with van der Waals surface area (Å²) in [5.74, 6) is 0.430. The molecule has 0 fully saturated rings. The van der Waals surface area contributed by atoms with Crippen LogP contribution >= 0.6 is 0 Å². The zero-order chi connectivity index (χ0) is 14.8. The van der Waals surface area contributed by atoms with E-state index in [1.165, 1.54) is 28.1 Å². The molecule has 0 saturated heterocycles. The van der Waals surface area contributed by atoms with E-state index in [0.717, 1.165) is 6.26 Å². The Morgan fingerprint density at radius 3 is 2.85 bits per heavy atom. The van der Waals surface area contributed by atoms with Crippen LogP contribution in [0.3, 0.4) is 0 Å². The van der Waals surface area contributed by atoms with E-state index >= 15 is 0 Å². The molecule has 2 aromatic heterocycles. The van der Waals surface area contributed by atoms with Gasteiger partial charge in [-0.15, -0.1) is 0 Å². The van der Waals surface area contributed by atoms with Crippen LogP contribution in [0.25, 0.3) is 0 Å². The Kier molecular flexibility index (Phi) is 3.93. The van der Waals surface area contributed by atoms with Crippen LogP contribution in [0.4, 0.5) is 0 Å². The van der Waals surface area contributed by atoms with Crippen LogP contribution in [0.5, 0.6) is 0 Å². The van der Waals surface area contributed by atoms with Gasteiger partial charge in [-0.3, -0.25) is 4.79 Å². The molecule has 20 heavy (non-hydrogen) atoms. The summed E-state index contributed by atoms with van der Waals surface area (Å²) in [6.45, 7) is 0.244. The van der Waals surface area contributed by atoms with Crippen LogP contribution in [0, 0.1) is 0 Å². The first-order valence-electron chi connectivity index (χ1n) is 5.85. The molecule has 0 N–H and O–H groups in total. The molecule has 2 aromatic rings. The van der Waals surface area contributed by atoms with Gasteiger partial charge in [-0.2, -0.15) is 0 Å². The third-order valence-corrected chi connectivity index (χ3v) is 3.72. The normalized spacial score (nSPS) is 11.5. The Bertz CT molecular complexity index is 688. The molecule has 0 aliphatic rings. The monoisotopic (exact) mass is 297 g/mol. The highest BCUT2D eigenvalue weighted by molar-refractivity contribution is 7.90. The molecule has 0 radical (unpaired) electrons. The second kappa shape index (κ2) is 5.49. The van der Waals surface area contributed by atoms with Crippen LogP contribution in [0.15, 0.2) is 40.4 Å². The summed E-state index contributed by atoms with van der Waals surface area (Å²) in [6.07, 6.45) is 5.42. The number of likely N-dealkylation sites (N-methyl/N-ethyl adjacent to an activating group) is 1. The minimum absolute atomic E-state index is 0.0837. The minimum Gasteiger partial charge on any atom is -0.467 e. The molecule has 0 bridgehead atoms. The van der Waals surface area contributed by atoms with Gasteiger partial charge in [0.1, 0.15) is 12.3 Å². The first-order chi connectivity index (χ1) is 9.38. The van der Waals surface area contributed by atoms with Crippen molar-refractivity contribution in [1.82, 2.24) is 14.5 Å². The fourth-order valence-electron chi connectivity index (χ4n) is 1.74. The van der Waals surface area contributed by atoms with E-state index in [1.54, 1.807) is 19.2 Å². The van der Waals surface area contributed by atoms with Gasteiger partial charge < -0.3 is 13.9 Å². The van der Waals surface area contributed by atoms with Crippen LogP contribution in [0.2, 0.25) is 0 Å². The summed E-state index contributed by atoms with van der Waals surface area (Å²) < 4.78 is 29.5. The third-order valence-electron chi connectivity index (χ3n) is 2.71. The second-order valence-corrected chi connectivity index (χ2v) is 6.35. The number of furan rings is 1. The van der Waals surface area contributed by atoms with E-state index in [4.69, 9.17) is 4.42 Å². The average molecular weight is 297 g/mol. The molecule has 0 unspecified atom stereocenters. The average Bonchev–Trinajstić information content (AvgIpc) is 2.98. The fraction of sp³-hybridized carbons (Fsp3) is 0.333. The maximum Gasteiger partial charge on any atom is 0.242 e. The van der Waals surface area contributed by atoms with Crippen LogP contribution in [-0.2, 0) is 27.7 Å². The second-order valence-electron chi connectivity index (χ2n) is 4.44. The van der Waals surface area contributed by atoms with E-state index in [0.29, 0.717) is 12.3 Å². The number of aromatic nitrogens is 2. The molecular weight excluding hydrogens is 282 g/mol. The number of nitrogens with zero attached hydrogens (tertiary/aromatic N) is 3. The maximum atomic E-state index is 12.1. The van der Waals surface area contributed by atoms with Crippen LogP contribution < -0.4 is 0 Å². The van der Waals surface area contributed by atoms with Crippen molar-refractivity contribution in [3.8, 4) is 0 Å². The van der Waals surface area contributed by atoms with Gasteiger partial charge in [0.05, 0.1) is 12.8 Å². The molecule has 1 amide bonds. The van der Waals surface area contributed by atoms with Crippen molar-refractivity contribution in [3.63, 3.8) is 0 Å². The molecule has 2 heterocycles. The Hall–Kier alpha value is -2.09. The highest BCUT2D eigenvalue weighted by Crippen LogP contribution is 2.08. The van der Waals surface area contributed by atoms with Crippen molar-refractivity contribution in [2.45, 2.75) is 18.2 Å². The molecule has 0 atom stereocenters. The van der Waals surface area contributed by atoms with Gasteiger partial charge in [0.25, 0.3) is 0 Å². The molecule has 7 nitrogen and oxygen atoms in total. The number of hydrogen-bond acceptors (Lipinski definition) is 5. The number of carbonyl (C=O) groups is 1. The fourth-order valence-corrected chi connectivity index (χ4v) is 2.54. The van der Waals surface area contributed by atoms with Crippen molar-refractivity contribution in [3.05, 3.63) is 36.5 Å². The lowest BCUT2D eigenvalue weighted by Crippen LogP contribution is -2.30. The Morgan fingerprint density at radius 1 is 1.50 bits per heavy atom. The molecule has 2 rings (SSSR count). The van der Waals surface area contributed by atoms with Gasteiger partial charge in [0.15, 0.2) is 0 Å². The molecule has 0 saturated carbocycles.